The number of rotatable bonds is 8. The van der Waals surface area contributed by atoms with Crippen LogP contribution in [0, 0.1) is 20.8 Å². The maximum atomic E-state index is 5.89. The first-order valence-electron chi connectivity index (χ1n) is 12.6. The maximum Gasteiger partial charge on any atom is 0.170 e. The predicted molar refractivity (Wildman–Crippen MR) is 152 cm³/mol. The number of anilines is 1. The number of para-hydroxylation sites is 1. The molecule has 2 aromatic carbocycles. The van der Waals surface area contributed by atoms with E-state index < -0.39 is 0 Å². The van der Waals surface area contributed by atoms with Gasteiger partial charge in [0.05, 0.1) is 17.8 Å². The van der Waals surface area contributed by atoms with Gasteiger partial charge in [0.1, 0.15) is 0 Å². The Morgan fingerprint density at radius 3 is 2.50 bits per heavy atom. The molecule has 5 rings (SSSR count). The van der Waals surface area contributed by atoms with E-state index in [1.54, 1.807) is 0 Å². The highest BCUT2D eigenvalue weighted by Gasteiger charge is 2.41. The number of thiocarbonyl (C=S) groups is 1. The second-order valence-corrected chi connectivity index (χ2v) is 9.85. The molecule has 3 heterocycles. The number of benzene rings is 2. The van der Waals surface area contributed by atoms with E-state index in [0.29, 0.717) is 0 Å². The van der Waals surface area contributed by atoms with Crippen molar-refractivity contribution in [1.82, 2.24) is 19.8 Å². The summed E-state index contributed by atoms with van der Waals surface area (Å²) in [4.78, 5) is 7.05. The van der Waals surface area contributed by atoms with Crippen LogP contribution in [0.1, 0.15) is 46.7 Å². The van der Waals surface area contributed by atoms with Crippen molar-refractivity contribution >= 4 is 23.0 Å². The van der Waals surface area contributed by atoms with Crippen LogP contribution in [-0.2, 0) is 0 Å². The Morgan fingerprint density at radius 1 is 0.944 bits per heavy atom. The summed E-state index contributed by atoms with van der Waals surface area (Å²) in [6.45, 7) is 8.28. The molecular weight excluding hydrogens is 462 g/mol. The van der Waals surface area contributed by atoms with Crippen molar-refractivity contribution in [3.05, 3.63) is 113 Å². The SMILES string of the molecule is Cc1cccc(-n2c(C)cc([C@@H]3[C@H](c4ccccn4)NC(=S)N3CCCNc3ccccc3)c2C)c1. The number of pyridine rings is 1. The van der Waals surface area contributed by atoms with Crippen molar-refractivity contribution in [2.24, 2.45) is 0 Å². The van der Waals surface area contributed by atoms with E-state index in [1.807, 2.05) is 24.4 Å². The fraction of sp³-hybridized carbons (Fsp3) is 0.267. The molecule has 6 heteroatoms. The zero-order chi connectivity index (χ0) is 25.1. The molecule has 2 N–H and O–H groups in total. The third-order valence-electron chi connectivity index (χ3n) is 6.93. The smallest absolute Gasteiger partial charge is 0.170 e. The Hall–Kier alpha value is -3.64. The molecule has 0 unspecified atom stereocenters. The van der Waals surface area contributed by atoms with E-state index in [0.717, 1.165) is 36.0 Å². The largest absolute Gasteiger partial charge is 0.385 e. The van der Waals surface area contributed by atoms with Gasteiger partial charge in [-0.05, 0) is 93.0 Å². The molecule has 2 aromatic heterocycles. The van der Waals surface area contributed by atoms with Crippen LogP contribution in [0.2, 0.25) is 0 Å². The molecule has 184 valence electrons. The van der Waals surface area contributed by atoms with Gasteiger partial charge in [0.15, 0.2) is 5.11 Å². The van der Waals surface area contributed by atoms with Crippen molar-refractivity contribution in [2.45, 2.75) is 39.3 Å². The summed E-state index contributed by atoms with van der Waals surface area (Å²) >= 11 is 5.89. The number of hydrogen-bond acceptors (Lipinski definition) is 3. The lowest BCUT2D eigenvalue weighted by atomic mass is 9.96. The van der Waals surface area contributed by atoms with E-state index in [1.165, 1.54) is 28.2 Å². The van der Waals surface area contributed by atoms with Crippen LogP contribution in [0.15, 0.2) is 85.1 Å². The lowest BCUT2D eigenvalue weighted by Crippen LogP contribution is -2.31. The Bertz CT molecular complexity index is 1330. The van der Waals surface area contributed by atoms with Crippen LogP contribution >= 0.6 is 12.2 Å². The number of aromatic nitrogens is 2. The van der Waals surface area contributed by atoms with Crippen LogP contribution in [0.25, 0.3) is 5.69 Å². The number of nitrogens with zero attached hydrogens (tertiary/aromatic N) is 3. The van der Waals surface area contributed by atoms with Gasteiger partial charge >= 0.3 is 0 Å². The molecule has 0 amide bonds. The molecule has 36 heavy (non-hydrogen) atoms. The van der Waals surface area contributed by atoms with E-state index in [4.69, 9.17) is 17.2 Å². The van der Waals surface area contributed by atoms with Gasteiger partial charge in [0.2, 0.25) is 0 Å². The molecule has 0 saturated carbocycles. The topological polar surface area (TPSA) is 45.1 Å². The molecule has 0 aliphatic carbocycles. The lowest BCUT2D eigenvalue weighted by Gasteiger charge is -2.28. The highest BCUT2D eigenvalue weighted by Crippen LogP contribution is 2.41. The van der Waals surface area contributed by atoms with Gasteiger partial charge in [0, 0.05) is 42.0 Å². The van der Waals surface area contributed by atoms with Crippen LogP contribution < -0.4 is 10.6 Å². The molecule has 4 aromatic rings. The van der Waals surface area contributed by atoms with E-state index in [-0.39, 0.29) is 12.1 Å². The normalized spacial score (nSPS) is 17.3. The van der Waals surface area contributed by atoms with Gasteiger partial charge in [-0.2, -0.15) is 0 Å². The van der Waals surface area contributed by atoms with Gasteiger partial charge in [-0.25, -0.2) is 0 Å². The Labute approximate surface area is 219 Å². The van der Waals surface area contributed by atoms with Crippen LogP contribution in [0.3, 0.4) is 0 Å². The molecule has 1 aliphatic rings. The fourth-order valence-corrected chi connectivity index (χ4v) is 5.61. The molecule has 2 atom stereocenters. The minimum absolute atomic E-state index is 0.00718. The first-order chi connectivity index (χ1) is 17.5. The van der Waals surface area contributed by atoms with Gasteiger partial charge in [-0.3, -0.25) is 4.98 Å². The van der Waals surface area contributed by atoms with Crippen molar-refractivity contribution in [1.29, 1.82) is 0 Å². The minimum Gasteiger partial charge on any atom is -0.385 e. The second kappa shape index (κ2) is 10.5. The summed E-state index contributed by atoms with van der Waals surface area (Å²) in [5.41, 5.74) is 8.34. The summed E-state index contributed by atoms with van der Waals surface area (Å²) < 4.78 is 2.36. The second-order valence-electron chi connectivity index (χ2n) is 9.47. The van der Waals surface area contributed by atoms with Gasteiger partial charge in [-0.15, -0.1) is 0 Å². The van der Waals surface area contributed by atoms with E-state index in [2.05, 4.69) is 102 Å². The average Bonchev–Trinajstić information content (AvgIpc) is 3.37. The van der Waals surface area contributed by atoms with Crippen molar-refractivity contribution in [3.8, 4) is 5.69 Å². The number of aryl methyl sites for hydroxylation is 2. The van der Waals surface area contributed by atoms with Crippen LogP contribution in [-0.4, -0.2) is 32.7 Å². The highest BCUT2D eigenvalue weighted by molar-refractivity contribution is 7.80. The summed E-state index contributed by atoms with van der Waals surface area (Å²) in [7, 11) is 0. The lowest BCUT2D eigenvalue weighted by molar-refractivity contribution is 0.315. The van der Waals surface area contributed by atoms with Crippen molar-refractivity contribution in [3.63, 3.8) is 0 Å². The Balaban J connectivity index is 1.46. The highest BCUT2D eigenvalue weighted by atomic mass is 32.1. The van der Waals surface area contributed by atoms with Crippen LogP contribution in [0.4, 0.5) is 5.69 Å². The molecule has 1 saturated heterocycles. The van der Waals surface area contributed by atoms with E-state index in [9.17, 15) is 0 Å². The summed E-state index contributed by atoms with van der Waals surface area (Å²) in [5, 5.41) is 7.91. The van der Waals surface area contributed by atoms with Gasteiger partial charge in [0.25, 0.3) is 0 Å². The minimum atomic E-state index is -0.00718. The monoisotopic (exact) mass is 495 g/mol. The quantitative estimate of drug-likeness (QED) is 0.223. The summed E-state index contributed by atoms with van der Waals surface area (Å²) in [6, 6.07) is 27.5. The first kappa shape index (κ1) is 24.1. The summed E-state index contributed by atoms with van der Waals surface area (Å²) in [5.74, 6) is 0. The average molecular weight is 496 g/mol. The molecule has 0 spiro atoms. The summed E-state index contributed by atoms with van der Waals surface area (Å²) in [6.07, 6.45) is 2.83. The standard InChI is InChI=1S/C30H33N5S/c1-21-11-9-14-25(19-21)35-22(2)20-26(23(35)3)29-28(27-15-7-8-16-32-27)33-30(36)34(29)18-10-17-31-24-12-5-4-6-13-24/h4-9,11-16,19-20,28-29,31H,10,17-18H2,1-3H3,(H,33,36)/t28-,29+/m0/s1. The molecule has 1 aliphatic heterocycles. The Morgan fingerprint density at radius 2 is 1.75 bits per heavy atom. The molecule has 0 bridgehead atoms. The number of hydrogen-bond donors (Lipinski definition) is 2. The van der Waals surface area contributed by atoms with E-state index >= 15 is 0 Å². The molecule has 1 fully saturated rings. The van der Waals surface area contributed by atoms with Crippen molar-refractivity contribution in [2.75, 3.05) is 18.4 Å². The predicted octanol–water partition coefficient (Wildman–Crippen LogP) is 6.27. The number of nitrogens with one attached hydrogen (secondary N) is 2. The first-order valence-corrected chi connectivity index (χ1v) is 13.0. The molecule has 0 radical (unpaired) electrons. The maximum absolute atomic E-state index is 5.89. The molecule has 5 nitrogen and oxygen atoms in total. The fourth-order valence-electron chi connectivity index (χ4n) is 5.27. The molecular formula is C30H33N5S. The zero-order valence-electron chi connectivity index (χ0n) is 21.1. The third kappa shape index (κ3) is 4.86. The van der Waals surface area contributed by atoms with Gasteiger partial charge < -0.3 is 20.1 Å². The van der Waals surface area contributed by atoms with Crippen molar-refractivity contribution < 1.29 is 0 Å². The third-order valence-corrected chi connectivity index (χ3v) is 7.28. The van der Waals surface area contributed by atoms with Crippen LogP contribution in [0.5, 0.6) is 0 Å². The Kier molecular flexibility index (Phi) is 7.05. The zero-order valence-corrected chi connectivity index (χ0v) is 21.9. The van der Waals surface area contributed by atoms with Gasteiger partial charge in [-0.1, -0.05) is 36.4 Å².